The first-order valence-corrected chi connectivity index (χ1v) is 12.1. The average Bonchev–Trinajstić information content (AvgIpc) is 3.33. The third kappa shape index (κ3) is 3.42. The van der Waals surface area contributed by atoms with Gasteiger partial charge in [-0.1, -0.05) is 13.0 Å². The van der Waals surface area contributed by atoms with Gasteiger partial charge >= 0.3 is 0 Å². The number of fused-ring (bicyclic) bond motifs is 2. The zero-order valence-corrected chi connectivity index (χ0v) is 21.0. The van der Waals surface area contributed by atoms with Crippen molar-refractivity contribution < 1.29 is 24.5 Å². The van der Waals surface area contributed by atoms with Crippen LogP contribution < -0.4 is 4.90 Å². The molecule has 2 N–H and O–H groups in total. The second-order valence-electron chi connectivity index (χ2n) is 10.1. The highest BCUT2D eigenvalue weighted by molar-refractivity contribution is 9.10. The lowest BCUT2D eigenvalue weighted by Gasteiger charge is -2.34. The molecule has 3 heterocycles. The molecule has 3 aliphatic heterocycles. The molecule has 4 rings (SSSR count). The van der Waals surface area contributed by atoms with E-state index in [2.05, 4.69) is 15.9 Å². The summed E-state index contributed by atoms with van der Waals surface area (Å²) in [4.78, 5) is 30.2. The quantitative estimate of drug-likeness (QED) is 0.652. The molecule has 3 aliphatic rings. The van der Waals surface area contributed by atoms with Gasteiger partial charge in [0.2, 0.25) is 5.91 Å². The molecule has 1 aromatic carbocycles. The Balaban J connectivity index is 1.75. The predicted octanol–water partition coefficient (Wildman–Crippen LogP) is 2.72. The van der Waals surface area contributed by atoms with Crippen LogP contribution in [0.1, 0.15) is 51.2 Å². The lowest BCUT2D eigenvalue weighted by molar-refractivity contribution is -0.150. The molecular weight excluding hydrogens is 476 g/mol. The Morgan fingerprint density at radius 3 is 2.69 bits per heavy atom. The fraction of sp³-hybridized carbons (Fsp3) is 0.667. The van der Waals surface area contributed by atoms with E-state index in [9.17, 15) is 19.8 Å². The minimum Gasteiger partial charge on any atom is -0.394 e. The highest BCUT2D eigenvalue weighted by Gasteiger charge is 2.66. The number of anilines is 1. The number of nitrogens with zero attached hydrogens (tertiary/aromatic N) is 2. The number of carbonyl (C=O) groups is 2. The zero-order valence-electron chi connectivity index (χ0n) is 19.4. The van der Waals surface area contributed by atoms with E-state index in [0.29, 0.717) is 6.54 Å². The van der Waals surface area contributed by atoms with Crippen molar-refractivity contribution in [2.45, 2.75) is 70.3 Å². The first kappa shape index (κ1) is 23.7. The molecule has 2 amide bonds. The number of likely N-dealkylation sites (tertiary alicyclic amines) is 1. The smallest absolute Gasteiger partial charge is 0.264 e. The molecular formula is C24H33BrN2O5. The summed E-state index contributed by atoms with van der Waals surface area (Å²) in [7, 11) is 1.74. The number of aliphatic hydroxyl groups excluding tert-OH is 1. The summed E-state index contributed by atoms with van der Waals surface area (Å²) >= 11 is 3.60. The van der Waals surface area contributed by atoms with Crippen LogP contribution in [-0.4, -0.2) is 64.9 Å². The number of hydrogen-bond donors (Lipinski definition) is 2. The molecule has 1 aromatic rings. The average molecular weight is 509 g/mol. The normalized spacial score (nSPS) is 32.3. The molecule has 32 heavy (non-hydrogen) atoms. The van der Waals surface area contributed by atoms with E-state index in [1.54, 1.807) is 30.7 Å². The SMILES string of the molecule is Cc1cc(Br)c2c(c1)[C@@]1(O[C@H](CC(=O)N3CCC[C@H]3CO)[C@@H](C(C)(C)O)[C@@H]1C)C(=O)N2C. The minimum atomic E-state index is -1.25. The number of carbonyl (C=O) groups excluding carboxylic acids is 2. The number of likely N-dealkylation sites (N-methyl/N-ethyl adjacent to an activating group) is 1. The van der Waals surface area contributed by atoms with Crippen molar-refractivity contribution >= 4 is 33.4 Å². The lowest BCUT2D eigenvalue weighted by Crippen LogP contribution is -2.46. The highest BCUT2D eigenvalue weighted by atomic mass is 79.9. The van der Waals surface area contributed by atoms with Crippen LogP contribution in [0.2, 0.25) is 0 Å². The molecule has 1 spiro atoms. The molecule has 5 atom stereocenters. The Labute approximate surface area is 197 Å². The van der Waals surface area contributed by atoms with E-state index in [1.165, 1.54) is 0 Å². The van der Waals surface area contributed by atoms with Gasteiger partial charge in [-0.25, -0.2) is 0 Å². The van der Waals surface area contributed by atoms with Gasteiger partial charge in [-0.2, -0.15) is 0 Å². The van der Waals surface area contributed by atoms with Gasteiger partial charge in [0, 0.05) is 35.5 Å². The molecule has 0 bridgehead atoms. The number of aliphatic hydroxyl groups is 2. The number of ether oxygens (including phenoxy) is 1. The number of rotatable bonds is 4. The standard InChI is InChI=1S/C24H33BrN2O5/c1-13-9-16-21(17(25)10-13)26(5)22(30)24(16)14(2)20(23(3,4)31)18(32-24)11-19(29)27-8-6-7-15(27)12-28/h9-10,14-15,18,20,28,31H,6-8,11-12H2,1-5H3/t14-,15-,18+,20-,24+/m0/s1. The van der Waals surface area contributed by atoms with Crippen LogP contribution in [0.15, 0.2) is 16.6 Å². The topological polar surface area (TPSA) is 90.3 Å². The summed E-state index contributed by atoms with van der Waals surface area (Å²) in [5.74, 6) is -1.05. The second kappa shape index (κ2) is 8.08. The molecule has 0 saturated carbocycles. The van der Waals surface area contributed by atoms with E-state index in [4.69, 9.17) is 4.74 Å². The predicted molar refractivity (Wildman–Crippen MR) is 124 cm³/mol. The molecule has 0 unspecified atom stereocenters. The third-order valence-electron chi connectivity index (χ3n) is 7.58. The second-order valence-corrected chi connectivity index (χ2v) is 11.0. The molecule has 176 valence electrons. The Morgan fingerprint density at radius 2 is 2.06 bits per heavy atom. The van der Waals surface area contributed by atoms with Gasteiger partial charge in [0.15, 0.2) is 5.60 Å². The van der Waals surface area contributed by atoms with Crippen molar-refractivity contribution in [1.82, 2.24) is 4.90 Å². The van der Waals surface area contributed by atoms with Gasteiger partial charge in [-0.15, -0.1) is 0 Å². The van der Waals surface area contributed by atoms with Crippen molar-refractivity contribution in [2.24, 2.45) is 11.8 Å². The zero-order chi connectivity index (χ0) is 23.6. The van der Waals surface area contributed by atoms with Crippen molar-refractivity contribution in [3.8, 4) is 0 Å². The summed E-state index contributed by atoms with van der Waals surface area (Å²) in [6.07, 6.45) is 1.09. The van der Waals surface area contributed by atoms with Crippen molar-refractivity contribution in [1.29, 1.82) is 0 Å². The first-order valence-electron chi connectivity index (χ1n) is 11.3. The lowest BCUT2D eigenvalue weighted by atomic mass is 9.70. The summed E-state index contributed by atoms with van der Waals surface area (Å²) in [6, 6.07) is 3.78. The molecule has 0 aromatic heterocycles. The molecule has 7 nitrogen and oxygen atoms in total. The van der Waals surface area contributed by atoms with E-state index < -0.39 is 23.2 Å². The van der Waals surface area contributed by atoms with Crippen molar-refractivity contribution in [3.05, 3.63) is 27.7 Å². The highest BCUT2D eigenvalue weighted by Crippen LogP contribution is 2.58. The van der Waals surface area contributed by atoms with E-state index in [0.717, 1.165) is 34.1 Å². The fourth-order valence-corrected chi connectivity index (χ4v) is 7.09. The number of benzene rings is 1. The van der Waals surface area contributed by atoms with Gasteiger partial charge in [-0.05, 0) is 61.2 Å². The Bertz CT molecular complexity index is 945. The minimum absolute atomic E-state index is 0.0590. The maximum Gasteiger partial charge on any atom is 0.264 e. The van der Waals surface area contributed by atoms with Crippen molar-refractivity contribution in [2.75, 3.05) is 25.1 Å². The van der Waals surface area contributed by atoms with E-state index in [1.807, 2.05) is 26.0 Å². The third-order valence-corrected chi connectivity index (χ3v) is 8.19. The van der Waals surface area contributed by atoms with Crippen molar-refractivity contribution in [3.63, 3.8) is 0 Å². The maximum absolute atomic E-state index is 13.7. The van der Waals surface area contributed by atoms with Crippen LogP contribution in [0.3, 0.4) is 0 Å². The first-order chi connectivity index (χ1) is 14.9. The monoisotopic (exact) mass is 508 g/mol. The molecule has 0 aliphatic carbocycles. The maximum atomic E-state index is 13.7. The summed E-state index contributed by atoms with van der Waals surface area (Å²) in [5, 5.41) is 20.8. The van der Waals surface area contributed by atoms with E-state index >= 15 is 0 Å². The van der Waals surface area contributed by atoms with Crippen LogP contribution in [0.5, 0.6) is 0 Å². The van der Waals surface area contributed by atoms with Crippen LogP contribution in [0, 0.1) is 18.8 Å². The van der Waals surface area contributed by atoms with Gasteiger partial charge < -0.3 is 24.7 Å². The molecule has 8 heteroatoms. The largest absolute Gasteiger partial charge is 0.394 e. The van der Waals surface area contributed by atoms with Gasteiger partial charge in [0.05, 0.1) is 36.5 Å². The van der Waals surface area contributed by atoms with E-state index in [-0.39, 0.29) is 36.8 Å². The molecule has 0 radical (unpaired) electrons. The fourth-order valence-electron chi connectivity index (χ4n) is 6.25. The Hall–Kier alpha value is -1.48. The number of hydrogen-bond acceptors (Lipinski definition) is 5. The Morgan fingerprint density at radius 1 is 1.38 bits per heavy atom. The summed E-state index contributed by atoms with van der Waals surface area (Å²) in [6.45, 7) is 7.90. The number of amides is 2. The van der Waals surface area contributed by atoms with Gasteiger partial charge in [0.1, 0.15) is 0 Å². The van der Waals surface area contributed by atoms with Crippen LogP contribution in [-0.2, 0) is 19.9 Å². The molecule has 2 fully saturated rings. The van der Waals surface area contributed by atoms with Gasteiger partial charge in [0.25, 0.3) is 5.91 Å². The number of halogens is 1. The van der Waals surface area contributed by atoms with Crippen LogP contribution in [0.4, 0.5) is 5.69 Å². The Kier molecular flexibility index (Phi) is 5.98. The summed E-state index contributed by atoms with van der Waals surface area (Å²) in [5.41, 5.74) is 0.140. The van der Waals surface area contributed by atoms with Gasteiger partial charge in [-0.3, -0.25) is 9.59 Å². The number of aryl methyl sites for hydroxylation is 1. The summed E-state index contributed by atoms with van der Waals surface area (Å²) < 4.78 is 7.42. The molecule has 2 saturated heterocycles. The van der Waals surface area contributed by atoms with Crippen LogP contribution in [0.25, 0.3) is 0 Å². The van der Waals surface area contributed by atoms with Crippen LogP contribution >= 0.6 is 15.9 Å².